The average molecular weight is 415 g/mol. The summed E-state index contributed by atoms with van der Waals surface area (Å²) in [7, 11) is 0. The quantitative estimate of drug-likeness (QED) is 0.787. The third kappa shape index (κ3) is 5.06. The first kappa shape index (κ1) is 19.0. The summed E-state index contributed by atoms with van der Waals surface area (Å²) in [5.41, 5.74) is 4.35. The molecule has 3 N–H and O–H groups in total. The molecule has 0 bridgehead atoms. The number of hydrogen-bond donors (Lipinski definition) is 2. The van der Waals surface area contributed by atoms with Crippen molar-refractivity contribution in [2.75, 3.05) is 0 Å². The number of hydrogen-bond acceptors (Lipinski definition) is 2. The highest BCUT2D eigenvalue weighted by molar-refractivity contribution is 9.10. The fourth-order valence-corrected chi connectivity index (χ4v) is 2.73. The number of alkyl halides is 3. The second kappa shape index (κ2) is 7.69. The van der Waals surface area contributed by atoms with Crippen molar-refractivity contribution in [3.8, 4) is 0 Å². The second-order valence-corrected chi connectivity index (χ2v) is 6.22. The summed E-state index contributed by atoms with van der Waals surface area (Å²) in [6, 6.07) is 10.2. The van der Waals surface area contributed by atoms with E-state index in [9.17, 15) is 22.8 Å². The molecule has 0 saturated heterocycles. The van der Waals surface area contributed by atoms with Crippen molar-refractivity contribution in [3.63, 3.8) is 0 Å². The van der Waals surface area contributed by atoms with Gasteiger partial charge in [0.2, 0.25) is 5.91 Å². The van der Waals surface area contributed by atoms with E-state index >= 15 is 0 Å². The molecular formula is C17H14BrF3N2O2. The van der Waals surface area contributed by atoms with Crippen LogP contribution in [0.3, 0.4) is 0 Å². The molecule has 132 valence electrons. The highest BCUT2D eigenvalue weighted by Gasteiger charge is 2.35. The molecule has 1 atom stereocenters. The van der Waals surface area contributed by atoms with Gasteiger partial charge < -0.3 is 11.1 Å². The van der Waals surface area contributed by atoms with Gasteiger partial charge in [-0.2, -0.15) is 13.2 Å². The number of amides is 2. The molecule has 0 aliphatic rings. The number of rotatable bonds is 5. The van der Waals surface area contributed by atoms with Crippen LogP contribution in [-0.4, -0.2) is 17.9 Å². The van der Waals surface area contributed by atoms with E-state index in [-0.39, 0.29) is 6.42 Å². The monoisotopic (exact) mass is 414 g/mol. The van der Waals surface area contributed by atoms with Gasteiger partial charge >= 0.3 is 6.18 Å². The predicted molar refractivity (Wildman–Crippen MR) is 89.7 cm³/mol. The topological polar surface area (TPSA) is 72.2 Å². The molecule has 0 radical (unpaired) electrons. The molecule has 0 aliphatic heterocycles. The summed E-state index contributed by atoms with van der Waals surface area (Å²) in [6.07, 6.45) is -4.62. The van der Waals surface area contributed by atoms with E-state index < -0.39 is 35.2 Å². The van der Waals surface area contributed by atoms with E-state index in [0.29, 0.717) is 5.56 Å². The van der Waals surface area contributed by atoms with E-state index in [1.807, 2.05) is 0 Å². The third-order valence-corrected chi connectivity index (χ3v) is 3.95. The lowest BCUT2D eigenvalue weighted by Gasteiger charge is -2.18. The standard InChI is InChI=1S/C17H14BrF3N2O2/c18-11-5-3-4-10(8-11)9-14(15(22)24)23-16(25)12-6-1-2-7-13(12)17(19,20)21/h1-8,14H,9H2,(H2,22,24)(H,23,25)/t14-/m1/s1. The van der Waals surface area contributed by atoms with Crippen LogP contribution in [0.25, 0.3) is 0 Å². The Labute approximate surface area is 150 Å². The summed E-state index contributed by atoms with van der Waals surface area (Å²) >= 11 is 3.28. The van der Waals surface area contributed by atoms with Crippen LogP contribution in [-0.2, 0) is 17.4 Å². The minimum atomic E-state index is -4.68. The number of carbonyl (C=O) groups is 2. The Balaban J connectivity index is 2.23. The molecule has 0 heterocycles. The van der Waals surface area contributed by atoms with Gasteiger partial charge in [0, 0.05) is 10.9 Å². The Morgan fingerprint density at radius 2 is 1.80 bits per heavy atom. The van der Waals surface area contributed by atoms with E-state index in [0.717, 1.165) is 16.6 Å². The number of nitrogens with two attached hydrogens (primary N) is 1. The Morgan fingerprint density at radius 3 is 2.40 bits per heavy atom. The van der Waals surface area contributed by atoms with Crippen LogP contribution < -0.4 is 11.1 Å². The van der Waals surface area contributed by atoms with E-state index in [1.165, 1.54) is 12.1 Å². The Morgan fingerprint density at radius 1 is 1.12 bits per heavy atom. The summed E-state index contributed by atoms with van der Waals surface area (Å²) in [4.78, 5) is 23.9. The van der Waals surface area contributed by atoms with Crippen LogP contribution in [0.4, 0.5) is 13.2 Å². The van der Waals surface area contributed by atoms with Gasteiger partial charge in [0.1, 0.15) is 6.04 Å². The van der Waals surface area contributed by atoms with Crippen molar-refractivity contribution < 1.29 is 22.8 Å². The number of halogens is 4. The molecule has 25 heavy (non-hydrogen) atoms. The fourth-order valence-electron chi connectivity index (χ4n) is 2.29. The molecule has 2 amide bonds. The molecule has 2 rings (SSSR count). The molecule has 0 spiro atoms. The maximum atomic E-state index is 13.0. The lowest BCUT2D eigenvalue weighted by Crippen LogP contribution is -2.46. The van der Waals surface area contributed by atoms with Crippen molar-refractivity contribution in [1.82, 2.24) is 5.32 Å². The van der Waals surface area contributed by atoms with Crippen LogP contribution in [0, 0.1) is 0 Å². The van der Waals surface area contributed by atoms with E-state index in [2.05, 4.69) is 21.2 Å². The molecule has 2 aromatic carbocycles. The minimum absolute atomic E-state index is 0.0642. The number of nitrogens with one attached hydrogen (secondary N) is 1. The molecule has 4 nitrogen and oxygen atoms in total. The van der Waals surface area contributed by atoms with Gasteiger partial charge in [-0.1, -0.05) is 40.2 Å². The predicted octanol–water partition coefficient (Wildman–Crippen LogP) is 3.29. The zero-order valence-corrected chi connectivity index (χ0v) is 14.4. The van der Waals surface area contributed by atoms with Crippen LogP contribution in [0.15, 0.2) is 53.0 Å². The maximum Gasteiger partial charge on any atom is 0.417 e. The van der Waals surface area contributed by atoms with E-state index in [1.54, 1.807) is 24.3 Å². The SMILES string of the molecule is NC(=O)[C@@H](Cc1cccc(Br)c1)NC(=O)c1ccccc1C(F)(F)F. The molecule has 0 unspecified atom stereocenters. The largest absolute Gasteiger partial charge is 0.417 e. The molecule has 2 aromatic rings. The molecule has 0 fully saturated rings. The fraction of sp³-hybridized carbons (Fsp3) is 0.176. The van der Waals surface area contributed by atoms with Gasteiger partial charge in [0.05, 0.1) is 11.1 Å². The molecule has 0 aliphatic carbocycles. The van der Waals surface area contributed by atoms with Crippen molar-refractivity contribution in [1.29, 1.82) is 0 Å². The molecular weight excluding hydrogens is 401 g/mol. The summed E-state index contributed by atoms with van der Waals surface area (Å²) in [5, 5.41) is 2.28. The highest BCUT2D eigenvalue weighted by atomic mass is 79.9. The Hall–Kier alpha value is -2.35. The average Bonchev–Trinajstić information content (AvgIpc) is 2.53. The summed E-state index contributed by atoms with van der Waals surface area (Å²) < 4.78 is 39.8. The van der Waals surface area contributed by atoms with Gasteiger partial charge in [0.15, 0.2) is 0 Å². The minimum Gasteiger partial charge on any atom is -0.368 e. The van der Waals surface area contributed by atoms with Gasteiger partial charge in [-0.15, -0.1) is 0 Å². The van der Waals surface area contributed by atoms with Gasteiger partial charge in [-0.25, -0.2) is 0 Å². The van der Waals surface area contributed by atoms with Crippen LogP contribution in [0.1, 0.15) is 21.5 Å². The van der Waals surface area contributed by atoms with Crippen molar-refractivity contribution in [2.45, 2.75) is 18.6 Å². The zero-order valence-electron chi connectivity index (χ0n) is 12.8. The lowest BCUT2D eigenvalue weighted by atomic mass is 10.0. The van der Waals surface area contributed by atoms with Crippen LogP contribution in [0.5, 0.6) is 0 Å². The lowest BCUT2D eigenvalue weighted by molar-refractivity contribution is -0.137. The van der Waals surface area contributed by atoms with E-state index in [4.69, 9.17) is 5.73 Å². The smallest absolute Gasteiger partial charge is 0.368 e. The van der Waals surface area contributed by atoms with Crippen molar-refractivity contribution in [2.24, 2.45) is 5.73 Å². The van der Waals surface area contributed by atoms with Crippen molar-refractivity contribution >= 4 is 27.7 Å². The highest BCUT2D eigenvalue weighted by Crippen LogP contribution is 2.31. The Bertz CT molecular complexity index is 793. The van der Waals surface area contributed by atoms with Crippen LogP contribution >= 0.6 is 15.9 Å². The first-order valence-electron chi connectivity index (χ1n) is 7.19. The first-order valence-corrected chi connectivity index (χ1v) is 7.98. The zero-order chi connectivity index (χ0) is 18.6. The molecule has 0 aromatic heterocycles. The summed E-state index contributed by atoms with van der Waals surface area (Å²) in [6.45, 7) is 0. The van der Waals surface area contributed by atoms with Crippen molar-refractivity contribution in [3.05, 3.63) is 69.7 Å². The first-order chi connectivity index (χ1) is 11.7. The Kier molecular flexibility index (Phi) is 5.84. The molecule has 0 saturated carbocycles. The maximum absolute atomic E-state index is 13.0. The summed E-state index contributed by atoms with van der Waals surface area (Å²) in [5.74, 6) is -1.84. The third-order valence-electron chi connectivity index (χ3n) is 3.45. The normalized spacial score (nSPS) is 12.5. The number of primary amides is 1. The number of carbonyl (C=O) groups excluding carboxylic acids is 2. The second-order valence-electron chi connectivity index (χ2n) is 5.31. The number of benzene rings is 2. The van der Waals surface area contributed by atoms with Gasteiger partial charge in [-0.3, -0.25) is 9.59 Å². The van der Waals surface area contributed by atoms with Crippen LogP contribution in [0.2, 0.25) is 0 Å². The van der Waals surface area contributed by atoms with Gasteiger partial charge in [0.25, 0.3) is 5.91 Å². The molecule has 8 heteroatoms. The van der Waals surface area contributed by atoms with Gasteiger partial charge in [-0.05, 0) is 29.8 Å².